The molecule has 0 fully saturated rings. The third-order valence-corrected chi connectivity index (χ3v) is 4.59. The Bertz CT molecular complexity index is 719. The van der Waals surface area contributed by atoms with Gasteiger partial charge < -0.3 is 0 Å². The Kier molecular flexibility index (Phi) is 4.13. The first-order valence-electron chi connectivity index (χ1n) is 5.30. The fourth-order valence-electron chi connectivity index (χ4n) is 1.52. The molecule has 0 spiro atoms. The van der Waals surface area contributed by atoms with E-state index in [0.29, 0.717) is 10.0 Å². The fraction of sp³-hybridized carbons (Fsp3) is 0.0833. The van der Waals surface area contributed by atoms with Crippen LogP contribution in [0.3, 0.4) is 0 Å². The van der Waals surface area contributed by atoms with Gasteiger partial charge in [0.1, 0.15) is 11.0 Å². The highest BCUT2D eigenvalue weighted by Gasteiger charge is 2.17. The van der Waals surface area contributed by atoms with Crippen LogP contribution in [0.5, 0.6) is 0 Å². The minimum Gasteiger partial charge on any atom is -0.263 e. The number of nitrogens with one attached hydrogen (secondary N) is 1. The van der Waals surface area contributed by atoms with Crippen molar-refractivity contribution in [1.82, 2.24) is 4.98 Å². The zero-order valence-electron chi connectivity index (χ0n) is 9.89. The molecule has 1 N–H and O–H groups in total. The van der Waals surface area contributed by atoms with Gasteiger partial charge in [0.25, 0.3) is 10.0 Å². The third kappa shape index (κ3) is 3.46. The summed E-state index contributed by atoms with van der Waals surface area (Å²) in [4.78, 5) is 4.10. The zero-order chi connectivity index (χ0) is 14.0. The Morgan fingerprint density at radius 2 is 2.00 bits per heavy atom. The van der Waals surface area contributed by atoms with Crippen molar-refractivity contribution in [3.05, 3.63) is 51.6 Å². The lowest BCUT2D eigenvalue weighted by atomic mass is 10.2. The van der Waals surface area contributed by atoms with E-state index in [-0.39, 0.29) is 15.9 Å². The second-order valence-electron chi connectivity index (χ2n) is 3.86. The average Bonchev–Trinajstić information content (AvgIpc) is 2.31. The second-order valence-corrected chi connectivity index (χ2v) is 6.81. The van der Waals surface area contributed by atoms with Crippen LogP contribution >= 0.6 is 27.5 Å². The van der Waals surface area contributed by atoms with Gasteiger partial charge in [-0.05, 0) is 36.8 Å². The first kappa shape index (κ1) is 14.3. The number of rotatable bonds is 3. The van der Waals surface area contributed by atoms with Gasteiger partial charge >= 0.3 is 0 Å². The minimum absolute atomic E-state index is 0.187. The Labute approximate surface area is 125 Å². The summed E-state index contributed by atoms with van der Waals surface area (Å²) in [6.07, 6.45) is 0. The molecule has 7 heteroatoms. The lowest BCUT2D eigenvalue weighted by molar-refractivity contribution is 0.600. The highest BCUT2D eigenvalue weighted by molar-refractivity contribution is 9.10. The zero-order valence-corrected chi connectivity index (χ0v) is 13.1. The van der Waals surface area contributed by atoms with Crippen molar-refractivity contribution in [2.24, 2.45) is 0 Å². The number of nitrogens with zero attached hydrogens (tertiary/aromatic N) is 1. The minimum atomic E-state index is -3.68. The van der Waals surface area contributed by atoms with Crippen molar-refractivity contribution in [2.75, 3.05) is 4.72 Å². The summed E-state index contributed by atoms with van der Waals surface area (Å²) in [5, 5.41) is 0.228. The molecule has 2 rings (SSSR count). The summed E-state index contributed by atoms with van der Waals surface area (Å²) in [7, 11) is -3.68. The van der Waals surface area contributed by atoms with Crippen LogP contribution in [0.1, 0.15) is 5.56 Å². The Morgan fingerprint density at radius 3 is 2.68 bits per heavy atom. The summed E-state index contributed by atoms with van der Waals surface area (Å²) < 4.78 is 27.6. The number of hydrogen-bond acceptors (Lipinski definition) is 3. The van der Waals surface area contributed by atoms with E-state index in [1.165, 1.54) is 6.07 Å². The average molecular weight is 362 g/mol. The molecule has 0 saturated carbocycles. The molecular formula is C12H10BrClN2O2S. The monoisotopic (exact) mass is 360 g/mol. The molecule has 2 aromatic rings. The number of hydrogen-bond donors (Lipinski definition) is 1. The molecule has 0 atom stereocenters. The summed E-state index contributed by atoms with van der Waals surface area (Å²) in [5.41, 5.74) is 0.651. The standard InChI is InChI=1S/C12H10BrClN2O2S/c1-8-5-6-9(13)7-10(8)19(17,18)16-12-4-2-3-11(14)15-12/h2-7H,1H3,(H,15,16). The normalized spacial score (nSPS) is 11.3. The van der Waals surface area contributed by atoms with E-state index in [9.17, 15) is 8.42 Å². The summed E-state index contributed by atoms with van der Waals surface area (Å²) in [5.74, 6) is 0.187. The van der Waals surface area contributed by atoms with Gasteiger partial charge in [0, 0.05) is 4.47 Å². The van der Waals surface area contributed by atoms with Crippen molar-refractivity contribution in [3.63, 3.8) is 0 Å². The Hall–Kier alpha value is -1.11. The van der Waals surface area contributed by atoms with Crippen LogP contribution in [0.15, 0.2) is 45.8 Å². The van der Waals surface area contributed by atoms with E-state index < -0.39 is 10.0 Å². The number of benzene rings is 1. The predicted molar refractivity (Wildman–Crippen MR) is 78.9 cm³/mol. The lowest BCUT2D eigenvalue weighted by Crippen LogP contribution is -2.15. The van der Waals surface area contributed by atoms with Crippen molar-refractivity contribution in [3.8, 4) is 0 Å². The smallest absolute Gasteiger partial charge is 0.263 e. The number of pyridine rings is 1. The third-order valence-electron chi connectivity index (χ3n) is 2.39. The van der Waals surface area contributed by atoms with Crippen LogP contribution in [-0.4, -0.2) is 13.4 Å². The van der Waals surface area contributed by atoms with E-state index in [0.717, 1.165) is 0 Å². The SMILES string of the molecule is Cc1ccc(Br)cc1S(=O)(=O)Nc1cccc(Cl)n1. The number of aryl methyl sites for hydroxylation is 1. The van der Waals surface area contributed by atoms with E-state index >= 15 is 0 Å². The van der Waals surface area contributed by atoms with Gasteiger partial charge in [-0.25, -0.2) is 13.4 Å². The van der Waals surface area contributed by atoms with E-state index in [1.807, 2.05) is 0 Å². The number of sulfonamides is 1. The largest absolute Gasteiger partial charge is 0.263 e. The van der Waals surface area contributed by atoms with Crippen molar-refractivity contribution >= 4 is 43.4 Å². The maximum Gasteiger partial charge on any atom is 0.263 e. The Balaban J connectivity index is 2.40. The summed E-state index contributed by atoms with van der Waals surface area (Å²) in [6, 6.07) is 9.79. The molecule has 4 nitrogen and oxygen atoms in total. The van der Waals surface area contributed by atoms with Crippen LogP contribution in [0.2, 0.25) is 5.15 Å². The van der Waals surface area contributed by atoms with Gasteiger partial charge in [-0.3, -0.25) is 4.72 Å². The molecule has 100 valence electrons. The van der Waals surface area contributed by atoms with Crippen molar-refractivity contribution in [1.29, 1.82) is 0 Å². The van der Waals surface area contributed by atoms with Gasteiger partial charge in [0.2, 0.25) is 0 Å². The van der Waals surface area contributed by atoms with Gasteiger partial charge in [-0.15, -0.1) is 0 Å². The van der Waals surface area contributed by atoms with Crippen LogP contribution in [0, 0.1) is 6.92 Å². The van der Waals surface area contributed by atoms with E-state index in [1.54, 1.807) is 37.3 Å². The van der Waals surface area contributed by atoms with Crippen LogP contribution in [0.25, 0.3) is 0 Å². The molecule has 0 aliphatic heterocycles. The summed E-state index contributed by atoms with van der Waals surface area (Å²) >= 11 is 8.98. The van der Waals surface area contributed by atoms with Crippen LogP contribution < -0.4 is 4.72 Å². The van der Waals surface area contributed by atoms with E-state index in [2.05, 4.69) is 25.6 Å². The molecular weight excluding hydrogens is 352 g/mol. The molecule has 0 radical (unpaired) electrons. The van der Waals surface area contributed by atoms with Crippen LogP contribution in [0.4, 0.5) is 5.82 Å². The molecule has 0 aliphatic rings. The predicted octanol–water partition coefficient (Wildman–Crippen LogP) is 3.61. The molecule has 19 heavy (non-hydrogen) atoms. The van der Waals surface area contributed by atoms with Gasteiger partial charge in [0.05, 0.1) is 4.90 Å². The highest BCUT2D eigenvalue weighted by Crippen LogP contribution is 2.22. The molecule has 1 heterocycles. The maximum atomic E-state index is 12.3. The van der Waals surface area contributed by atoms with Crippen molar-refractivity contribution in [2.45, 2.75) is 11.8 Å². The van der Waals surface area contributed by atoms with Gasteiger partial charge in [0.15, 0.2) is 0 Å². The second kappa shape index (κ2) is 5.48. The Morgan fingerprint density at radius 1 is 1.26 bits per heavy atom. The highest BCUT2D eigenvalue weighted by atomic mass is 79.9. The first-order valence-corrected chi connectivity index (χ1v) is 7.95. The molecule has 1 aromatic heterocycles. The van der Waals surface area contributed by atoms with Gasteiger partial charge in [-0.1, -0.05) is 39.7 Å². The molecule has 0 saturated heterocycles. The van der Waals surface area contributed by atoms with Crippen LogP contribution in [-0.2, 0) is 10.0 Å². The van der Waals surface area contributed by atoms with Gasteiger partial charge in [-0.2, -0.15) is 0 Å². The first-order chi connectivity index (χ1) is 8.88. The van der Waals surface area contributed by atoms with E-state index in [4.69, 9.17) is 11.6 Å². The number of halogens is 2. The topological polar surface area (TPSA) is 59.1 Å². The number of anilines is 1. The quantitative estimate of drug-likeness (QED) is 0.850. The maximum absolute atomic E-state index is 12.3. The molecule has 0 aliphatic carbocycles. The fourth-order valence-corrected chi connectivity index (χ4v) is 3.47. The number of aromatic nitrogens is 1. The van der Waals surface area contributed by atoms with Crippen molar-refractivity contribution < 1.29 is 8.42 Å². The molecule has 0 unspecified atom stereocenters. The lowest BCUT2D eigenvalue weighted by Gasteiger charge is -2.10. The molecule has 0 amide bonds. The molecule has 1 aromatic carbocycles. The molecule has 0 bridgehead atoms. The summed E-state index contributed by atoms with van der Waals surface area (Å²) in [6.45, 7) is 1.73.